The van der Waals surface area contributed by atoms with E-state index in [-0.39, 0.29) is 12.6 Å². The summed E-state index contributed by atoms with van der Waals surface area (Å²) in [6.07, 6.45) is 3.09. The van der Waals surface area contributed by atoms with E-state index >= 15 is 0 Å². The maximum Gasteiger partial charge on any atom is 0.106 e. The molecule has 1 aromatic rings. The number of aromatic nitrogens is 1. The molecule has 0 aromatic carbocycles. The van der Waals surface area contributed by atoms with Crippen LogP contribution in [0.3, 0.4) is 0 Å². The molecule has 1 aromatic heterocycles. The number of piperidine rings is 1. The van der Waals surface area contributed by atoms with Crippen LogP contribution in [0.1, 0.15) is 25.3 Å². The van der Waals surface area contributed by atoms with Gasteiger partial charge in [0.2, 0.25) is 0 Å². The summed E-state index contributed by atoms with van der Waals surface area (Å²) in [6, 6.07) is 3.94. The average molecular weight is 315 g/mol. The van der Waals surface area contributed by atoms with E-state index in [1.54, 1.807) is 6.20 Å². The molecule has 1 aliphatic rings. The smallest absolute Gasteiger partial charge is 0.106 e. The summed E-state index contributed by atoms with van der Waals surface area (Å²) in [5.74, 6) is 0. The van der Waals surface area contributed by atoms with Gasteiger partial charge in [-0.05, 0) is 41.8 Å². The fourth-order valence-corrected chi connectivity index (χ4v) is 2.62. The van der Waals surface area contributed by atoms with Crippen molar-refractivity contribution in [2.24, 2.45) is 0 Å². The summed E-state index contributed by atoms with van der Waals surface area (Å²) in [4.78, 5) is 6.38. The lowest BCUT2D eigenvalue weighted by molar-refractivity contribution is -0.0392. The molecule has 1 aliphatic heterocycles. The fraction of sp³-hybridized carbons (Fsp3) is 0.615. The van der Waals surface area contributed by atoms with Crippen molar-refractivity contribution in [2.45, 2.75) is 31.4 Å². The first-order chi connectivity index (χ1) is 8.55. The number of aliphatic hydroxyl groups is 2. The van der Waals surface area contributed by atoms with Crippen LogP contribution in [0.4, 0.5) is 0 Å². The zero-order valence-electron chi connectivity index (χ0n) is 10.5. The zero-order chi connectivity index (χ0) is 13.2. The van der Waals surface area contributed by atoms with E-state index in [0.717, 1.165) is 23.3 Å². The summed E-state index contributed by atoms with van der Waals surface area (Å²) >= 11 is 3.30. The van der Waals surface area contributed by atoms with Crippen molar-refractivity contribution < 1.29 is 10.2 Å². The summed E-state index contributed by atoms with van der Waals surface area (Å²) in [6.45, 7) is 3.77. The van der Waals surface area contributed by atoms with Crippen LogP contribution >= 0.6 is 15.9 Å². The molecule has 1 unspecified atom stereocenters. The molecule has 2 rings (SSSR count). The van der Waals surface area contributed by atoms with Crippen molar-refractivity contribution in [3.05, 3.63) is 28.5 Å². The fourth-order valence-electron chi connectivity index (χ4n) is 2.39. The summed E-state index contributed by atoms with van der Waals surface area (Å²) in [5, 5.41) is 19.8. The van der Waals surface area contributed by atoms with Crippen LogP contribution < -0.4 is 0 Å². The highest BCUT2D eigenvalue weighted by atomic mass is 79.9. The van der Waals surface area contributed by atoms with E-state index in [9.17, 15) is 5.11 Å². The Bertz CT molecular complexity index is 388. The van der Waals surface area contributed by atoms with Crippen molar-refractivity contribution in [3.63, 3.8) is 0 Å². The first-order valence-corrected chi connectivity index (χ1v) is 7.04. The normalized spacial score (nSPS) is 21.8. The van der Waals surface area contributed by atoms with Crippen LogP contribution in [0.2, 0.25) is 0 Å². The minimum Gasteiger partial charge on any atom is -0.395 e. The quantitative estimate of drug-likeness (QED) is 0.830. The monoisotopic (exact) mass is 314 g/mol. The Kier molecular flexibility index (Phi) is 4.37. The second kappa shape index (κ2) is 5.65. The van der Waals surface area contributed by atoms with E-state index in [4.69, 9.17) is 5.11 Å². The van der Waals surface area contributed by atoms with Crippen molar-refractivity contribution in [1.82, 2.24) is 9.88 Å². The molecular formula is C13H19BrN2O2. The van der Waals surface area contributed by atoms with Gasteiger partial charge in [-0.25, -0.2) is 4.98 Å². The number of halogens is 1. The molecule has 0 bridgehead atoms. The van der Waals surface area contributed by atoms with E-state index < -0.39 is 5.60 Å². The molecule has 1 fully saturated rings. The molecule has 1 saturated heterocycles. The standard InChI is InChI=1S/C13H19BrN2O2/c1-10(9-17)16-6-4-13(18,5-7-16)11-2-3-12(14)15-8-11/h2-3,8,10,17-18H,4-7,9H2,1H3. The number of rotatable bonds is 3. The zero-order valence-corrected chi connectivity index (χ0v) is 12.1. The van der Waals surface area contributed by atoms with Crippen molar-refractivity contribution in [1.29, 1.82) is 0 Å². The SMILES string of the molecule is CC(CO)N1CCC(O)(c2ccc(Br)nc2)CC1. The van der Waals surface area contributed by atoms with Gasteiger partial charge in [-0.2, -0.15) is 0 Å². The van der Waals surface area contributed by atoms with Gasteiger partial charge >= 0.3 is 0 Å². The Morgan fingerprint density at radius 2 is 2.11 bits per heavy atom. The lowest BCUT2D eigenvalue weighted by Gasteiger charge is -2.40. The molecule has 2 N–H and O–H groups in total. The number of hydrogen-bond donors (Lipinski definition) is 2. The molecule has 0 saturated carbocycles. The predicted octanol–water partition coefficient (Wildman–Crippen LogP) is 1.51. The minimum absolute atomic E-state index is 0.164. The van der Waals surface area contributed by atoms with Crippen molar-refractivity contribution in [2.75, 3.05) is 19.7 Å². The number of likely N-dealkylation sites (tertiary alicyclic amines) is 1. The second-order valence-corrected chi connectivity index (χ2v) is 5.78. The van der Waals surface area contributed by atoms with Gasteiger partial charge in [-0.1, -0.05) is 6.07 Å². The number of hydrogen-bond acceptors (Lipinski definition) is 4. The number of nitrogens with zero attached hydrogens (tertiary/aromatic N) is 2. The first kappa shape index (κ1) is 13.9. The molecular weight excluding hydrogens is 296 g/mol. The Morgan fingerprint density at radius 3 is 2.61 bits per heavy atom. The van der Waals surface area contributed by atoms with Crippen LogP contribution in [0.5, 0.6) is 0 Å². The Labute approximate surface area is 116 Å². The predicted molar refractivity (Wildman–Crippen MR) is 73.2 cm³/mol. The maximum atomic E-state index is 10.7. The summed E-state index contributed by atoms with van der Waals surface area (Å²) in [7, 11) is 0. The maximum absolute atomic E-state index is 10.7. The van der Waals surface area contributed by atoms with Crippen LogP contribution in [0, 0.1) is 0 Å². The highest BCUT2D eigenvalue weighted by molar-refractivity contribution is 9.10. The van der Waals surface area contributed by atoms with E-state index in [2.05, 4.69) is 25.8 Å². The lowest BCUT2D eigenvalue weighted by Crippen LogP contribution is -2.47. The molecule has 100 valence electrons. The minimum atomic E-state index is -0.778. The van der Waals surface area contributed by atoms with Crippen LogP contribution in [0.15, 0.2) is 22.9 Å². The topological polar surface area (TPSA) is 56.6 Å². The Morgan fingerprint density at radius 1 is 1.44 bits per heavy atom. The molecule has 2 heterocycles. The van der Waals surface area contributed by atoms with Crippen LogP contribution in [0.25, 0.3) is 0 Å². The third kappa shape index (κ3) is 2.91. The Hall–Kier alpha value is -0.490. The molecule has 1 atom stereocenters. The molecule has 0 spiro atoms. The van der Waals surface area contributed by atoms with E-state index in [1.165, 1.54) is 0 Å². The van der Waals surface area contributed by atoms with Gasteiger partial charge in [0.25, 0.3) is 0 Å². The summed E-state index contributed by atoms with van der Waals surface area (Å²) < 4.78 is 0.779. The highest BCUT2D eigenvalue weighted by Crippen LogP contribution is 2.33. The molecule has 0 radical (unpaired) electrons. The lowest BCUT2D eigenvalue weighted by atomic mass is 9.85. The molecule has 18 heavy (non-hydrogen) atoms. The van der Waals surface area contributed by atoms with Gasteiger partial charge in [-0.3, -0.25) is 4.90 Å². The van der Waals surface area contributed by atoms with Gasteiger partial charge in [0.15, 0.2) is 0 Å². The average Bonchev–Trinajstić information content (AvgIpc) is 2.39. The van der Waals surface area contributed by atoms with E-state index in [0.29, 0.717) is 12.8 Å². The third-order valence-corrected chi connectivity index (χ3v) is 4.25. The molecule has 5 heteroatoms. The summed E-state index contributed by atoms with van der Waals surface area (Å²) in [5.41, 5.74) is 0.0985. The van der Waals surface area contributed by atoms with Crippen molar-refractivity contribution in [3.8, 4) is 0 Å². The van der Waals surface area contributed by atoms with Gasteiger partial charge in [0.1, 0.15) is 4.60 Å². The van der Waals surface area contributed by atoms with Gasteiger partial charge < -0.3 is 10.2 Å². The number of aliphatic hydroxyl groups excluding tert-OH is 1. The van der Waals surface area contributed by atoms with Crippen LogP contribution in [-0.2, 0) is 5.60 Å². The highest BCUT2D eigenvalue weighted by Gasteiger charge is 2.35. The van der Waals surface area contributed by atoms with E-state index in [1.807, 2.05) is 19.1 Å². The van der Waals surface area contributed by atoms with Gasteiger partial charge in [-0.15, -0.1) is 0 Å². The Balaban J connectivity index is 2.05. The first-order valence-electron chi connectivity index (χ1n) is 6.24. The largest absolute Gasteiger partial charge is 0.395 e. The van der Waals surface area contributed by atoms with Gasteiger partial charge in [0.05, 0.1) is 12.2 Å². The molecule has 0 aliphatic carbocycles. The molecule has 0 amide bonds. The second-order valence-electron chi connectivity index (χ2n) is 4.97. The third-order valence-electron chi connectivity index (χ3n) is 3.78. The molecule has 4 nitrogen and oxygen atoms in total. The van der Waals surface area contributed by atoms with Gasteiger partial charge in [0, 0.05) is 30.9 Å². The number of pyridine rings is 1. The van der Waals surface area contributed by atoms with Crippen molar-refractivity contribution >= 4 is 15.9 Å². The van der Waals surface area contributed by atoms with Crippen LogP contribution in [-0.4, -0.2) is 45.8 Å².